The predicted octanol–water partition coefficient (Wildman–Crippen LogP) is 2.44. The molecule has 0 unspecified atom stereocenters. The van der Waals surface area contributed by atoms with E-state index in [1.807, 2.05) is 18.7 Å². The molecular weight excluding hydrogens is 477 g/mol. The monoisotopic (exact) mass is 503 g/mol. The lowest BCUT2D eigenvalue weighted by atomic mass is 10.1. The highest BCUT2D eigenvalue weighted by molar-refractivity contribution is 6.32. The number of hydrogen-bond acceptors (Lipinski definition) is 8. The number of anilines is 3. The fourth-order valence-electron chi connectivity index (χ4n) is 3.87. The van der Waals surface area contributed by atoms with Gasteiger partial charge in [-0.1, -0.05) is 11.6 Å². The summed E-state index contributed by atoms with van der Waals surface area (Å²) >= 11 is 6.31. The maximum atomic E-state index is 15.7. The zero-order chi connectivity index (χ0) is 25.1. The number of aromatic nitrogens is 3. The first-order valence-corrected chi connectivity index (χ1v) is 11.6. The molecule has 0 spiro atoms. The molecule has 1 aromatic carbocycles. The lowest BCUT2D eigenvalue weighted by Crippen LogP contribution is -2.44. The van der Waals surface area contributed by atoms with Gasteiger partial charge in [0.15, 0.2) is 24.0 Å². The summed E-state index contributed by atoms with van der Waals surface area (Å²) in [4.78, 5) is 35.4. The van der Waals surface area contributed by atoms with Crippen LogP contribution in [0.5, 0.6) is 5.75 Å². The van der Waals surface area contributed by atoms with Crippen molar-refractivity contribution in [3.8, 4) is 5.75 Å². The Balaban J connectivity index is 1.74. The van der Waals surface area contributed by atoms with Crippen molar-refractivity contribution in [3.05, 3.63) is 45.6 Å². The van der Waals surface area contributed by atoms with Gasteiger partial charge in [0.05, 0.1) is 17.4 Å². The van der Waals surface area contributed by atoms with Gasteiger partial charge in [-0.05, 0) is 32.0 Å². The molecule has 1 aliphatic heterocycles. The van der Waals surface area contributed by atoms with Crippen LogP contribution in [-0.4, -0.2) is 60.3 Å². The molecule has 0 atom stereocenters. The summed E-state index contributed by atoms with van der Waals surface area (Å²) in [6.07, 6.45) is 1.48. The second kappa shape index (κ2) is 10.4. The van der Waals surface area contributed by atoms with Gasteiger partial charge in [-0.2, -0.15) is 4.98 Å². The van der Waals surface area contributed by atoms with Gasteiger partial charge < -0.3 is 30.2 Å². The van der Waals surface area contributed by atoms with Gasteiger partial charge in [0.1, 0.15) is 5.02 Å². The zero-order valence-corrected chi connectivity index (χ0v) is 20.4. The SMILES string of the molecule is CNC(=O)COc1cc2c(F)c(Nc3nc(N4CCNCC4)ncc3Cl)ccc2n(C(C)C)c1=O. The van der Waals surface area contributed by atoms with Crippen LogP contribution in [0.1, 0.15) is 19.9 Å². The number of carbonyl (C=O) groups is 1. The molecule has 3 aromatic rings. The summed E-state index contributed by atoms with van der Waals surface area (Å²) in [7, 11) is 1.46. The molecule has 1 aliphatic rings. The molecule has 3 heterocycles. The number of piperazine rings is 1. The summed E-state index contributed by atoms with van der Waals surface area (Å²) in [6.45, 7) is 6.39. The van der Waals surface area contributed by atoms with Gasteiger partial charge in [-0.25, -0.2) is 9.37 Å². The molecule has 1 saturated heterocycles. The summed E-state index contributed by atoms with van der Waals surface area (Å²) in [6, 6.07) is 4.22. The standard InChI is InChI=1S/C23H27ClFN7O3/c1-13(2)32-17-5-4-16(20(25)14(17)10-18(22(32)34)35-12-19(33)26-3)29-21-15(24)11-28-23(30-21)31-8-6-27-7-9-31/h4-5,10-11,13,27H,6-9,12H2,1-3H3,(H,26,33)(H,28,29,30). The average Bonchev–Trinajstić information content (AvgIpc) is 2.86. The zero-order valence-electron chi connectivity index (χ0n) is 19.7. The number of likely N-dealkylation sites (N-methyl/N-ethyl adjacent to an activating group) is 1. The Morgan fingerprint density at radius 2 is 2.06 bits per heavy atom. The van der Waals surface area contributed by atoms with Gasteiger partial charge >= 0.3 is 0 Å². The van der Waals surface area contributed by atoms with Gasteiger partial charge in [0.25, 0.3) is 11.5 Å². The number of pyridine rings is 1. The number of hydrogen-bond donors (Lipinski definition) is 3. The number of benzene rings is 1. The summed E-state index contributed by atoms with van der Waals surface area (Å²) in [5.41, 5.74) is 0.0715. The second-order valence-electron chi connectivity index (χ2n) is 8.33. The van der Waals surface area contributed by atoms with E-state index < -0.39 is 17.3 Å². The van der Waals surface area contributed by atoms with Crippen LogP contribution in [0.3, 0.4) is 0 Å². The summed E-state index contributed by atoms with van der Waals surface area (Å²) < 4.78 is 22.6. The highest BCUT2D eigenvalue weighted by Crippen LogP contribution is 2.31. The molecule has 0 saturated carbocycles. The van der Waals surface area contributed by atoms with E-state index in [1.165, 1.54) is 29.9 Å². The van der Waals surface area contributed by atoms with Crippen molar-refractivity contribution >= 4 is 45.9 Å². The minimum Gasteiger partial charge on any atom is -0.478 e. The molecule has 0 radical (unpaired) electrons. The third-order valence-electron chi connectivity index (χ3n) is 5.66. The van der Waals surface area contributed by atoms with Gasteiger partial charge in [-0.3, -0.25) is 9.59 Å². The van der Waals surface area contributed by atoms with E-state index in [0.29, 0.717) is 11.5 Å². The van der Waals surface area contributed by atoms with E-state index in [1.54, 1.807) is 6.07 Å². The number of nitrogens with zero attached hydrogens (tertiary/aromatic N) is 4. The molecule has 1 amide bonds. The Hall–Kier alpha value is -3.44. The van der Waals surface area contributed by atoms with Crippen molar-refractivity contribution in [1.82, 2.24) is 25.2 Å². The average molecular weight is 504 g/mol. The Labute approximate surface area is 206 Å². The fourth-order valence-corrected chi connectivity index (χ4v) is 4.01. The number of carbonyl (C=O) groups excluding carboxylic acids is 1. The Kier molecular flexibility index (Phi) is 7.37. The molecule has 0 bridgehead atoms. The van der Waals surface area contributed by atoms with Crippen LogP contribution in [-0.2, 0) is 4.79 Å². The largest absolute Gasteiger partial charge is 0.478 e. The lowest BCUT2D eigenvalue weighted by molar-refractivity contribution is -0.122. The normalized spacial score (nSPS) is 13.8. The Bertz CT molecular complexity index is 1310. The van der Waals surface area contributed by atoms with Crippen LogP contribution in [0.25, 0.3) is 10.9 Å². The molecular formula is C23H27ClFN7O3. The number of fused-ring (bicyclic) bond motifs is 1. The number of nitrogens with one attached hydrogen (secondary N) is 3. The van der Waals surface area contributed by atoms with Crippen molar-refractivity contribution in [1.29, 1.82) is 0 Å². The predicted molar refractivity (Wildman–Crippen MR) is 134 cm³/mol. The van der Waals surface area contributed by atoms with E-state index >= 15 is 4.39 Å². The molecule has 10 nitrogen and oxygen atoms in total. The molecule has 3 N–H and O–H groups in total. The first kappa shape index (κ1) is 24.7. The van der Waals surface area contributed by atoms with Gasteiger partial charge in [0, 0.05) is 44.7 Å². The van der Waals surface area contributed by atoms with Crippen molar-refractivity contribution in [2.75, 3.05) is 50.1 Å². The van der Waals surface area contributed by atoms with E-state index in [2.05, 4.69) is 25.9 Å². The maximum absolute atomic E-state index is 15.7. The first-order chi connectivity index (χ1) is 16.8. The summed E-state index contributed by atoms with van der Waals surface area (Å²) in [5.74, 6) is -0.373. The Morgan fingerprint density at radius 1 is 1.31 bits per heavy atom. The topological polar surface area (TPSA) is 113 Å². The highest BCUT2D eigenvalue weighted by atomic mass is 35.5. The molecule has 35 heavy (non-hydrogen) atoms. The fraction of sp³-hybridized carbons (Fsp3) is 0.391. The Morgan fingerprint density at radius 3 is 2.74 bits per heavy atom. The minimum atomic E-state index is -0.611. The summed E-state index contributed by atoms with van der Waals surface area (Å²) in [5, 5.41) is 9.05. The van der Waals surface area contributed by atoms with Crippen molar-refractivity contribution < 1.29 is 13.9 Å². The van der Waals surface area contributed by atoms with Crippen LogP contribution in [0.4, 0.5) is 21.8 Å². The number of ether oxygens (including phenoxy) is 1. The highest BCUT2D eigenvalue weighted by Gasteiger charge is 2.20. The second-order valence-corrected chi connectivity index (χ2v) is 8.74. The number of amides is 1. The third kappa shape index (κ3) is 5.15. The molecule has 12 heteroatoms. The minimum absolute atomic E-state index is 0.119. The maximum Gasteiger partial charge on any atom is 0.293 e. The van der Waals surface area contributed by atoms with Crippen molar-refractivity contribution in [3.63, 3.8) is 0 Å². The first-order valence-electron chi connectivity index (χ1n) is 11.3. The van der Waals surface area contributed by atoms with Crippen molar-refractivity contribution in [2.24, 2.45) is 0 Å². The van der Waals surface area contributed by atoms with Crippen LogP contribution in [0.15, 0.2) is 29.2 Å². The van der Waals surface area contributed by atoms with Crippen LogP contribution in [0, 0.1) is 5.82 Å². The lowest BCUT2D eigenvalue weighted by Gasteiger charge is -2.27. The smallest absolute Gasteiger partial charge is 0.293 e. The van der Waals surface area contributed by atoms with Crippen LogP contribution < -0.4 is 31.1 Å². The molecule has 2 aromatic heterocycles. The molecule has 0 aliphatic carbocycles. The van der Waals surface area contributed by atoms with E-state index in [4.69, 9.17) is 16.3 Å². The van der Waals surface area contributed by atoms with Gasteiger partial charge in [0.2, 0.25) is 5.95 Å². The molecule has 4 rings (SSSR count). The quantitative estimate of drug-likeness (QED) is 0.450. The molecule has 186 valence electrons. The van der Waals surface area contributed by atoms with Crippen LogP contribution >= 0.6 is 11.6 Å². The van der Waals surface area contributed by atoms with Gasteiger partial charge in [-0.15, -0.1) is 0 Å². The molecule has 1 fully saturated rings. The third-order valence-corrected chi connectivity index (χ3v) is 5.94. The van der Waals surface area contributed by atoms with E-state index in [9.17, 15) is 9.59 Å². The van der Waals surface area contributed by atoms with E-state index in [-0.39, 0.29) is 40.3 Å². The van der Waals surface area contributed by atoms with Crippen molar-refractivity contribution in [2.45, 2.75) is 19.9 Å². The number of halogens is 2. The van der Waals surface area contributed by atoms with Crippen LogP contribution in [0.2, 0.25) is 5.02 Å². The number of rotatable bonds is 7. The van der Waals surface area contributed by atoms with E-state index in [0.717, 1.165) is 26.2 Å².